The summed E-state index contributed by atoms with van der Waals surface area (Å²) in [5, 5.41) is 3.31. The van der Waals surface area contributed by atoms with Crippen LogP contribution in [0.1, 0.15) is 12.0 Å². The van der Waals surface area contributed by atoms with Crippen LogP contribution in [0.2, 0.25) is 0 Å². The maximum Gasteiger partial charge on any atom is 0.146 e. The average molecular weight is 320 g/mol. The van der Waals surface area contributed by atoms with Crippen LogP contribution in [0.25, 0.3) is 0 Å². The Morgan fingerprint density at radius 2 is 1.78 bits per heavy atom. The Hall–Kier alpha value is -1.17. The minimum Gasteiger partial charge on any atom is -0.367 e. The molecule has 1 aromatic rings. The van der Waals surface area contributed by atoms with Gasteiger partial charge in [0.1, 0.15) is 5.82 Å². The zero-order valence-corrected chi connectivity index (χ0v) is 14.2. The molecule has 2 aliphatic heterocycles. The molecule has 1 aromatic carbocycles. The fourth-order valence-corrected chi connectivity index (χ4v) is 3.45. The molecule has 0 unspecified atom stereocenters. The Bertz CT molecular complexity index is 494. The largest absolute Gasteiger partial charge is 0.367 e. The number of halogens is 1. The number of rotatable bonds is 5. The van der Waals surface area contributed by atoms with Gasteiger partial charge in [0.2, 0.25) is 0 Å². The van der Waals surface area contributed by atoms with Crippen LogP contribution in [0.4, 0.5) is 10.1 Å². The van der Waals surface area contributed by atoms with E-state index in [1.807, 2.05) is 6.07 Å². The van der Waals surface area contributed by atoms with Gasteiger partial charge in [-0.25, -0.2) is 4.39 Å². The molecule has 0 radical (unpaired) electrons. The third-order valence-electron chi connectivity index (χ3n) is 5.01. The zero-order valence-electron chi connectivity index (χ0n) is 14.2. The molecule has 2 fully saturated rings. The van der Waals surface area contributed by atoms with E-state index in [9.17, 15) is 4.39 Å². The first-order valence-electron chi connectivity index (χ1n) is 8.87. The van der Waals surface area contributed by atoms with E-state index in [4.69, 9.17) is 0 Å². The standard InChI is InChI=1S/C18H29FN4/c1-21-11-13-22(14-12-21)8-2-3-16-4-5-18(17(19)15-16)23-9-6-20-7-10-23/h4-5,15,20H,2-3,6-14H2,1H3. The van der Waals surface area contributed by atoms with Crippen LogP contribution in [-0.4, -0.2) is 75.8 Å². The molecule has 2 heterocycles. The predicted octanol–water partition coefficient (Wildman–Crippen LogP) is 1.42. The molecule has 4 nitrogen and oxygen atoms in total. The van der Waals surface area contributed by atoms with E-state index in [0.29, 0.717) is 0 Å². The summed E-state index contributed by atoms with van der Waals surface area (Å²) >= 11 is 0. The Labute approximate surface area is 139 Å². The second-order valence-corrected chi connectivity index (χ2v) is 6.77. The first kappa shape index (κ1) is 16.7. The van der Waals surface area contributed by atoms with Crippen molar-refractivity contribution in [1.82, 2.24) is 15.1 Å². The summed E-state index contributed by atoms with van der Waals surface area (Å²) in [7, 11) is 2.18. The second-order valence-electron chi connectivity index (χ2n) is 6.77. The third-order valence-corrected chi connectivity index (χ3v) is 5.01. The molecule has 2 aliphatic rings. The molecule has 23 heavy (non-hydrogen) atoms. The number of nitrogens with one attached hydrogen (secondary N) is 1. The van der Waals surface area contributed by atoms with Crippen LogP contribution in [-0.2, 0) is 6.42 Å². The number of anilines is 1. The van der Waals surface area contributed by atoms with Gasteiger partial charge in [0.05, 0.1) is 5.69 Å². The second kappa shape index (κ2) is 8.08. The van der Waals surface area contributed by atoms with Crippen molar-refractivity contribution in [3.8, 4) is 0 Å². The maximum absolute atomic E-state index is 14.4. The molecule has 0 atom stereocenters. The fourth-order valence-electron chi connectivity index (χ4n) is 3.45. The molecule has 1 N–H and O–H groups in total. The van der Waals surface area contributed by atoms with Gasteiger partial charge in [0.15, 0.2) is 0 Å². The van der Waals surface area contributed by atoms with Gasteiger partial charge in [-0.3, -0.25) is 0 Å². The van der Waals surface area contributed by atoms with E-state index in [2.05, 4.69) is 33.1 Å². The van der Waals surface area contributed by atoms with E-state index >= 15 is 0 Å². The van der Waals surface area contributed by atoms with Gasteiger partial charge in [-0.1, -0.05) is 6.07 Å². The van der Waals surface area contributed by atoms with Crippen LogP contribution in [0.5, 0.6) is 0 Å². The van der Waals surface area contributed by atoms with Crippen LogP contribution in [0.15, 0.2) is 18.2 Å². The molecule has 128 valence electrons. The fraction of sp³-hybridized carbons (Fsp3) is 0.667. The van der Waals surface area contributed by atoms with Crippen molar-refractivity contribution in [2.75, 3.05) is 70.9 Å². The predicted molar refractivity (Wildman–Crippen MR) is 93.7 cm³/mol. The Balaban J connectivity index is 1.48. The quantitative estimate of drug-likeness (QED) is 0.886. The minimum absolute atomic E-state index is 0.0657. The number of hydrogen-bond acceptors (Lipinski definition) is 4. The summed E-state index contributed by atoms with van der Waals surface area (Å²) in [6.07, 6.45) is 2.07. The average Bonchev–Trinajstić information content (AvgIpc) is 2.58. The summed E-state index contributed by atoms with van der Waals surface area (Å²) in [6.45, 7) is 9.41. The smallest absolute Gasteiger partial charge is 0.146 e. The number of likely N-dealkylation sites (N-methyl/N-ethyl adjacent to an activating group) is 1. The summed E-state index contributed by atoms with van der Waals surface area (Å²) in [6, 6.07) is 5.80. The summed E-state index contributed by atoms with van der Waals surface area (Å²) < 4.78 is 14.4. The molecule has 2 saturated heterocycles. The lowest BCUT2D eigenvalue weighted by atomic mass is 10.1. The van der Waals surface area contributed by atoms with Crippen molar-refractivity contribution in [1.29, 1.82) is 0 Å². The molecule has 3 rings (SSSR count). The highest BCUT2D eigenvalue weighted by Gasteiger charge is 2.15. The van der Waals surface area contributed by atoms with Crippen LogP contribution in [0, 0.1) is 5.82 Å². The van der Waals surface area contributed by atoms with Crippen molar-refractivity contribution < 1.29 is 4.39 Å². The molecule has 0 saturated carbocycles. The zero-order chi connectivity index (χ0) is 16.1. The van der Waals surface area contributed by atoms with Crippen molar-refractivity contribution >= 4 is 5.69 Å². The van der Waals surface area contributed by atoms with Gasteiger partial charge < -0.3 is 20.0 Å². The monoisotopic (exact) mass is 320 g/mol. The molecule has 0 aliphatic carbocycles. The molecule has 5 heteroatoms. The molecule has 0 bridgehead atoms. The Kier molecular flexibility index (Phi) is 5.86. The van der Waals surface area contributed by atoms with Gasteiger partial charge in [-0.15, -0.1) is 0 Å². The van der Waals surface area contributed by atoms with E-state index in [1.54, 1.807) is 6.07 Å². The van der Waals surface area contributed by atoms with Crippen molar-refractivity contribution in [2.24, 2.45) is 0 Å². The molecular weight excluding hydrogens is 291 g/mol. The van der Waals surface area contributed by atoms with Crippen molar-refractivity contribution in [3.63, 3.8) is 0 Å². The first-order valence-corrected chi connectivity index (χ1v) is 8.87. The lowest BCUT2D eigenvalue weighted by Crippen LogP contribution is -2.44. The Morgan fingerprint density at radius 3 is 2.48 bits per heavy atom. The number of hydrogen-bond donors (Lipinski definition) is 1. The number of nitrogens with zero attached hydrogens (tertiary/aromatic N) is 3. The highest BCUT2D eigenvalue weighted by molar-refractivity contribution is 5.49. The van der Waals surface area contributed by atoms with Gasteiger partial charge in [-0.2, -0.15) is 0 Å². The van der Waals surface area contributed by atoms with Crippen LogP contribution >= 0.6 is 0 Å². The van der Waals surface area contributed by atoms with Crippen molar-refractivity contribution in [3.05, 3.63) is 29.6 Å². The van der Waals surface area contributed by atoms with Crippen LogP contribution < -0.4 is 10.2 Å². The van der Waals surface area contributed by atoms with Gasteiger partial charge in [-0.05, 0) is 44.1 Å². The van der Waals surface area contributed by atoms with E-state index < -0.39 is 0 Å². The van der Waals surface area contributed by atoms with Crippen LogP contribution in [0.3, 0.4) is 0 Å². The third kappa shape index (κ3) is 4.66. The molecule has 0 amide bonds. The van der Waals surface area contributed by atoms with Gasteiger partial charge >= 0.3 is 0 Å². The highest BCUT2D eigenvalue weighted by Crippen LogP contribution is 2.21. The number of piperazine rings is 2. The number of benzene rings is 1. The SMILES string of the molecule is CN1CCN(CCCc2ccc(N3CCNCC3)c(F)c2)CC1. The lowest BCUT2D eigenvalue weighted by molar-refractivity contribution is 0.153. The van der Waals surface area contributed by atoms with E-state index in [0.717, 1.165) is 83.0 Å². The van der Waals surface area contributed by atoms with Gasteiger partial charge in [0.25, 0.3) is 0 Å². The lowest BCUT2D eigenvalue weighted by Gasteiger charge is -2.32. The minimum atomic E-state index is -0.0657. The molecule has 0 aromatic heterocycles. The normalized spacial score (nSPS) is 20.9. The van der Waals surface area contributed by atoms with Crippen molar-refractivity contribution in [2.45, 2.75) is 12.8 Å². The maximum atomic E-state index is 14.4. The highest BCUT2D eigenvalue weighted by atomic mass is 19.1. The topological polar surface area (TPSA) is 21.8 Å². The van der Waals surface area contributed by atoms with Gasteiger partial charge in [0, 0.05) is 52.4 Å². The number of aryl methyl sites for hydroxylation is 1. The molecular formula is C18H29FN4. The summed E-state index contributed by atoms with van der Waals surface area (Å²) in [4.78, 5) is 7.03. The summed E-state index contributed by atoms with van der Waals surface area (Å²) in [5.41, 5.74) is 1.88. The Morgan fingerprint density at radius 1 is 1.04 bits per heavy atom. The van der Waals surface area contributed by atoms with E-state index in [1.165, 1.54) is 0 Å². The summed E-state index contributed by atoms with van der Waals surface area (Å²) in [5.74, 6) is -0.0657. The first-order chi connectivity index (χ1) is 11.2. The molecule has 0 spiro atoms. The van der Waals surface area contributed by atoms with E-state index in [-0.39, 0.29) is 5.82 Å².